The summed E-state index contributed by atoms with van der Waals surface area (Å²) in [6.07, 6.45) is 1.74. The molecule has 0 radical (unpaired) electrons. The first-order chi connectivity index (χ1) is 8.56. The summed E-state index contributed by atoms with van der Waals surface area (Å²) >= 11 is 0. The van der Waals surface area contributed by atoms with Crippen molar-refractivity contribution < 1.29 is 9.90 Å². The number of carbonyl (C=O) groups excluding carboxylic acids is 1. The largest absolute Gasteiger partial charge is 0.508 e. The van der Waals surface area contributed by atoms with Crippen LogP contribution in [0.2, 0.25) is 0 Å². The van der Waals surface area contributed by atoms with Crippen molar-refractivity contribution >= 4 is 5.91 Å². The van der Waals surface area contributed by atoms with Gasteiger partial charge in [0.05, 0.1) is 6.04 Å². The van der Waals surface area contributed by atoms with Crippen molar-refractivity contribution in [3.8, 4) is 5.75 Å². The van der Waals surface area contributed by atoms with Gasteiger partial charge in [0.25, 0.3) is 0 Å². The molecule has 1 aromatic rings. The van der Waals surface area contributed by atoms with Gasteiger partial charge in [-0.1, -0.05) is 12.1 Å². The van der Waals surface area contributed by atoms with Crippen molar-refractivity contribution in [2.24, 2.45) is 0 Å². The molecule has 1 amide bonds. The highest BCUT2D eigenvalue weighted by Crippen LogP contribution is 2.13. The van der Waals surface area contributed by atoms with Crippen LogP contribution in [-0.4, -0.2) is 41.6 Å². The summed E-state index contributed by atoms with van der Waals surface area (Å²) in [5.41, 5.74) is 1.16. The smallest absolute Gasteiger partial charge is 0.239 e. The lowest BCUT2D eigenvalue weighted by molar-refractivity contribution is -0.128. The Kier molecular flexibility index (Phi) is 3.87. The molecule has 1 fully saturated rings. The number of rotatable bonds is 4. The van der Waals surface area contributed by atoms with E-state index in [9.17, 15) is 9.90 Å². The third-order valence-electron chi connectivity index (χ3n) is 3.39. The number of nitrogens with zero attached hydrogens (tertiary/aromatic N) is 1. The molecule has 0 aromatic heterocycles. The Labute approximate surface area is 108 Å². The zero-order valence-electron chi connectivity index (χ0n) is 10.9. The molecule has 2 unspecified atom stereocenters. The average molecular weight is 248 g/mol. The molecule has 18 heavy (non-hydrogen) atoms. The van der Waals surface area contributed by atoms with Crippen LogP contribution in [0.4, 0.5) is 0 Å². The summed E-state index contributed by atoms with van der Waals surface area (Å²) in [7, 11) is 1.84. The number of likely N-dealkylation sites (tertiary alicyclic amines) is 1. The molecule has 2 atom stereocenters. The second-order valence-corrected chi connectivity index (χ2v) is 5.04. The van der Waals surface area contributed by atoms with E-state index in [0.717, 1.165) is 24.9 Å². The molecule has 1 aliphatic rings. The normalized spacial score (nSPS) is 21.3. The van der Waals surface area contributed by atoms with E-state index in [0.29, 0.717) is 0 Å². The van der Waals surface area contributed by atoms with E-state index in [1.54, 1.807) is 17.0 Å². The summed E-state index contributed by atoms with van der Waals surface area (Å²) in [6, 6.07) is 7.41. The van der Waals surface area contributed by atoms with Crippen molar-refractivity contribution in [3.05, 3.63) is 29.8 Å². The fourth-order valence-corrected chi connectivity index (χ4v) is 2.37. The number of benzene rings is 1. The van der Waals surface area contributed by atoms with Crippen LogP contribution in [0.5, 0.6) is 5.75 Å². The molecule has 1 saturated heterocycles. The minimum Gasteiger partial charge on any atom is -0.508 e. The number of hydrogen-bond acceptors (Lipinski definition) is 3. The first kappa shape index (κ1) is 12.9. The second kappa shape index (κ2) is 5.40. The molecular formula is C14H20N2O2. The molecule has 4 heteroatoms. The maximum absolute atomic E-state index is 11.8. The number of hydrogen-bond donors (Lipinski definition) is 2. The number of likely N-dealkylation sites (N-methyl/N-ethyl adjacent to an activating group) is 1. The van der Waals surface area contributed by atoms with E-state index in [-0.39, 0.29) is 23.7 Å². The summed E-state index contributed by atoms with van der Waals surface area (Å²) in [6.45, 7) is 2.92. The molecule has 1 aliphatic heterocycles. The molecular weight excluding hydrogens is 228 g/mol. The SMILES string of the molecule is CC(Cc1ccc(O)cc1)NC1CCN(C)C1=O. The zero-order chi connectivity index (χ0) is 13.1. The van der Waals surface area contributed by atoms with E-state index in [2.05, 4.69) is 12.2 Å². The van der Waals surface area contributed by atoms with Gasteiger partial charge in [0.2, 0.25) is 5.91 Å². The number of amides is 1. The van der Waals surface area contributed by atoms with Crippen LogP contribution in [0.3, 0.4) is 0 Å². The summed E-state index contributed by atoms with van der Waals surface area (Å²) in [5, 5.41) is 12.6. The molecule has 0 saturated carbocycles. The third kappa shape index (κ3) is 3.01. The molecule has 1 heterocycles. The Bertz CT molecular complexity index is 416. The number of phenols is 1. The van der Waals surface area contributed by atoms with Gasteiger partial charge < -0.3 is 15.3 Å². The predicted octanol–water partition coefficient (Wildman–Crippen LogP) is 1.14. The summed E-state index contributed by atoms with van der Waals surface area (Å²) in [5.74, 6) is 0.472. The molecule has 0 bridgehead atoms. The minimum atomic E-state index is -0.0397. The van der Waals surface area contributed by atoms with Gasteiger partial charge in [-0.3, -0.25) is 4.79 Å². The van der Waals surface area contributed by atoms with Crippen molar-refractivity contribution in [2.75, 3.05) is 13.6 Å². The first-order valence-corrected chi connectivity index (χ1v) is 6.35. The molecule has 2 N–H and O–H groups in total. The second-order valence-electron chi connectivity index (χ2n) is 5.04. The van der Waals surface area contributed by atoms with Gasteiger partial charge >= 0.3 is 0 Å². The molecule has 4 nitrogen and oxygen atoms in total. The van der Waals surface area contributed by atoms with E-state index >= 15 is 0 Å². The van der Waals surface area contributed by atoms with Gasteiger partial charge in [0.1, 0.15) is 5.75 Å². The number of aromatic hydroxyl groups is 1. The Morgan fingerprint density at radius 1 is 1.44 bits per heavy atom. The van der Waals surface area contributed by atoms with Gasteiger partial charge in [-0.15, -0.1) is 0 Å². The van der Waals surface area contributed by atoms with E-state index in [4.69, 9.17) is 0 Å². The highest BCUT2D eigenvalue weighted by molar-refractivity contribution is 5.83. The highest BCUT2D eigenvalue weighted by Gasteiger charge is 2.29. The Balaban J connectivity index is 1.87. The van der Waals surface area contributed by atoms with Gasteiger partial charge in [0.15, 0.2) is 0 Å². The Morgan fingerprint density at radius 2 is 2.11 bits per heavy atom. The lowest BCUT2D eigenvalue weighted by Gasteiger charge is -2.18. The number of carbonyl (C=O) groups is 1. The summed E-state index contributed by atoms with van der Waals surface area (Å²) < 4.78 is 0. The van der Waals surface area contributed by atoms with Gasteiger partial charge in [-0.25, -0.2) is 0 Å². The minimum absolute atomic E-state index is 0.0397. The fourth-order valence-electron chi connectivity index (χ4n) is 2.37. The highest BCUT2D eigenvalue weighted by atomic mass is 16.3. The molecule has 0 spiro atoms. The molecule has 98 valence electrons. The number of phenolic OH excluding ortho intramolecular Hbond substituents is 1. The van der Waals surface area contributed by atoms with Crippen LogP contribution in [0, 0.1) is 0 Å². The van der Waals surface area contributed by atoms with Crippen LogP contribution < -0.4 is 5.32 Å². The topological polar surface area (TPSA) is 52.6 Å². The van der Waals surface area contributed by atoms with Crippen LogP contribution in [-0.2, 0) is 11.2 Å². The van der Waals surface area contributed by atoms with Gasteiger partial charge in [-0.05, 0) is 37.5 Å². The number of nitrogens with one attached hydrogen (secondary N) is 1. The van der Waals surface area contributed by atoms with Crippen LogP contribution in [0.25, 0.3) is 0 Å². The Morgan fingerprint density at radius 3 is 2.67 bits per heavy atom. The summed E-state index contributed by atoms with van der Waals surface area (Å²) in [4.78, 5) is 13.5. The van der Waals surface area contributed by atoms with Crippen molar-refractivity contribution in [1.29, 1.82) is 0 Å². The van der Waals surface area contributed by atoms with Crippen LogP contribution in [0.15, 0.2) is 24.3 Å². The lowest BCUT2D eigenvalue weighted by atomic mass is 10.1. The van der Waals surface area contributed by atoms with Crippen LogP contribution >= 0.6 is 0 Å². The van der Waals surface area contributed by atoms with Crippen molar-refractivity contribution in [2.45, 2.75) is 31.8 Å². The maximum atomic E-state index is 11.8. The molecule has 2 rings (SSSR count). The average Bonchev–Trinajstić information content (AvgIpc) is 2.64. The van der Waals surface area contributed by atoms with Crippen molar-refractivity contribution in [3.63, 3.8) is 0 Å². The predicted molar refractivity (Wildman–Crippen MR) is 70.5 cm³/mol. The Hall–Kier alpha value is -1.55. The quantitative estimate of drug-likeness (QED) is 0.840. The van der Waals surface area contributed by atoms with Gasteiger partial charge in [-0.2, -0.15) is 0 Å². The first-order valence-electron chi connectivity index (χ1n) is 6.35. The maximum Gasteiger partial charge on any atom is 0.239 e. The van der Waals surface area contributed by atoms with Crippen LogP contribution in [0.1, 0.15) is 18.9 Å². The monoisotopic (exact) mass is 248 g/mol. The van der Waals surface area contributed by atoms with Gasteiger partial charge in [0, 0.05) is 19.6 Å². The van der Waals surface area contributed by atoms with E-state index in [1.807, 2.05) is 19.2 Å². The zero-order valence-corrected chi connectivity index (χ0v) is 10.9. The third-order valence-corrected chi connectivity index (χ3v) is 3.39. The van der Waals surface area contributed by atoms with E-state index < -0.39 is 0 Å². The van der Waals surface area contributed by atoms with Crippen molar-refractivity contribution in [1.82, 2.24) is 10.2 Å². The molecule has 1 aromatic carbocycles. The lowest BCUT2D eigenvalue weighted by Crippen LogP contribution is -2.42. The standard InChI is InChI=1S/C14H20N2O2/c1-10(9-11-3-5-12(17)6-4-11)15-13-7-8-16(2)14(13)18/h3-6,10,13,15,17H,7-9H2,1-2H3. The fraction of sp³-hybridized carbons (Fsp3) is 0.500. The van der Waals surface area contributed by atoms with E-state index in [1.165, 1.54) is 0 Å². The molecule has 0 aliphatic carbocycles.